The van der Waals surface area contributed by atoms with E-state index in [2.05, 4.69) is 22.9 Å². The first-order chi connectivity index (χ1) is 9.24. The fourth-order valence-electron chi connectivity index (χ4n) is 2.33. The Morgan fingerprint density at radius 3 is 2.35 bits per heavy atom. The lowest BCUT2D eigenvalue weighted by Gasteiger charge is -2.20. The maximum absolute atomic E-state index is 11.8. The Hall–Kier alpha value is -0.810. The molecule has 0 saturated heterocycles. The van der Waals surface area contributed by atoms with E-state index in [1.54, 1.807) is 0 Å². The third-order valence-electron chi connectivity index (χ3n) is 3.45. The quantitative estimate of drug-likeness (QED) is 0.591. The van der Waals surface area contributed by atoms with Gasteiger partial charge in [-0.1, -0.05) is 26.2 Å². The average Bonchev–Trinajstić information content (AvgIpc) is 2.45. The number of rotatable bonds is 8. The van der Waals surface area contributed by atoms with Crippen molar-refractivity contribution in [2.45, 2.75) is 45.4 Å². The van der Waals surface area contributed by atoms with E-state index in [0.717, 1.165) is 45.2 Å². The van der Waals surface area contributed by atoms with Gasteiger partial charge in [0.05, 0.1) is 6.54 Å². The summed E-state index contributed by atoms with van der Waals surface area (Å²) in [4.78, 5) is 23.3. The third kappa shape index (κ3) is 8.38. The van der Waals surface area contributed by atoms with Crippen LogP contribution in [0.5, 0.6) is 0 Å². The van der Waals surface area contributed by atoms with Crippen LogP contribution in [0.1, 0.15) is 45.4 Å². The lowest BCUT2D eigenvalue weighted by atomic mass is 9.89. The van der Waals surface area contributed by atoms with Gasteiger partial charge < -0.3 is 16.0 Å². The molecule has 0 atom stereocenters. The number of carbonyl (C=O) groups is 2. The predicted octanol–water partition coefficient (Wildman–Crippen LogP) is 1.22. The van der Waals surface area contributed by atoms with Crippen LogP contribution in [0.2, 0.25) is 0 Å². The second-order valence-electron chi connectivity index (χ2n) is 5.15. The van der Waals surface area contributed by atoms with Crippen LogP contribution >= 0.6 is 12.4 Å². The van der Waals surface area contributed by atoms with Gasteiger partial charge in [0.2, 0.25) is 11.8 Å². The van der Waals surface area contributed by atoms with Crippen molar-refractivity contribution < 1.29 is 9.59 Å². The van der Waals surface area contributed by atoms with Gasteiger partial charge in [-0.25, -0.2) is 0 Å². The average molecular weight is 306 g/mol. The minimum atomic E-state index is -0.109. The van der Waals surface area contributed by atoms with Crippen LogP contribution in [0.4, 0.5) is 0 Å². The van der Waals surface area contributed by atoms with Gasteiger partial charge in [-0.2, -0.15) is 0 Å². The summed E-state index contributed by atoms with van der Waals surface area (Å²) in [7, 11) is 0. The number of amides is 2. The van der Waals surface area contributed by atoms with Gasteiger partial charge >= 0.3 is 0 Å². The summed E-state index contributed by atoms with van der Waals surface area (Å²) in [6.45, 7) is 4.55. The molecule has 0 bridgehead atoms. The van der Waals surface area contributed by atoms with E-state index in [1.165, 1.54) is 6.42 Å². The first-order valence-electron chi connectivity index (χ1n) is 7.49. The second-order valence-corrected chi connectivity index (χ2v) is 5.15. The van der Waals surface area contributed by atoms with Gasteiger partial charge in [0, 0.05) is 19.0 Å². The summed E-state index contributed by atoms with van der Waals surface area (Å²) in [6.07, 6.45) is 6.52. The molecule has 0 radical (unpaired) electrons. The van der Waals surface area contributed by atoms with Gasteiger partial charge in [0.25, 0.3) is 0 Å². The highest BCUT2D eigenvalue weighted by molar-refractivity contribution is 5.86. The van der Waals surface area contributed by atoms with Crippen LogP contribution in [0.3, 0.4) is 0 Å². The fourth-order valence-corrected chi connectivity index (χ4v) is 2.33. The molecule has 1 saturated carbocycles. The second kappa shape index (κ2) is 12.0. The van der Waals surface area contributed by atoms with Crippen molar-refractivity contribution in [3.8, 4) is 0 Å². The number of nitrogens with one attached hydrogen (secondary N) is 3. The molecule has 1 aliphatic carbocycles. The molecule has 1 fully saturated rings. The molecular formula is C14H28ClN3O2. The summed E-state index contributed by atoms with van der Waals surface area (Å²) >= 11 is 0. The van der Waals surface area contributed by atoms with Crippen LogP contribution in [-0.2, 0) is 9.59 Å². The minimum Gasteiger partial charge on any atom is -0.353 e. The Bertz CT molecular complexity index is 282. The lowest BCUT2D eigenvalue weighted by molar-refractivity contribution is -0.129. The standard InChI is InChI=1S/C14H27N3O2.ClH/c1-2-8-15-9-10-16-13(18)11-17-14(19)12-6-4-3-5-7-12;/h12,15H,2-11H2,1H3,(H,16,18)(H,17,19);1H. The first-order valence-corrected chi connectivity index (χ1v) is 7.49. The molecule has 0 aromatic heterocycles. The molecule has 0 aliphatic heterocycles. The zero-order valence-electron chi connectivity index (χ0n) is 12.4. The van der Waals surface area contributed by atoms with E-state index in [9.17, 15) is 9.59 Å². The van der Waals surface area contributed by atoms with Crippen molar-refractivity contribution in [3.05, 3.63) is 0 Å². The van der Waals surface area contributed by atoms with Crippen LogP contribution in [-0.4, -0.2) is 38.0 Å². The maximum atomic E-state index is 11.8. The van der Waals surface area contributed by atoms with Crippen molar-refractivity contribution in [2.24, 2.45) is 5.92 Å². The van der Waals surface area contributed by atoms with E-state index in [-0.39, 0.29) is 36.7 Å². The molecule has 0 aromatic carbocycles. The third-order valence-corrected chi connectivity index (χ3v) is 3.45. The molecule has 2 amide bonds. The molecule has 1 aliphatic rings. The van der Waals surface area contributed by atoms with Crippen molar-refractivity contribution >= 4 is 24.2 Å². The number of hydrogen-bond donors (Lipinski definition) is 3. The van der Waals surface area contributed by atoms with E-state index in [0.29, 0.717) is 6.54 Å². The maximum Gasteiger partial charge on any atom is 0.239 e. The molecule has 6 heteroatoms. The van der Waals surface area contributed by atoms with Crippen LogP contribution in [0, 0.1) is 5.92 Å². The van der Waals surface area contributed by atoms with Crippen LogP contribution in [0.15, 0.2) is 0 Å². The van der Waals surface area contributed by atoms with E-state index >= 15 is 0 Å². The summed E-state index contributed by atoms with van der Waals surface area (Å²) in [6, 6.07) is 0. The predicted molar refractivity (Wildman–Crippen MR) is 83.0 cm³/mol. The van der Waals surface area contributed by atoms with Crippen molar-refractivity contribution in [3.63, 3.8) is 0 Å². The SMILES string of the molecule is CCCNCCNC(=O)CNC(=O)C1CCCCC1.Cl. The highest BCUT2D eigenvalue weighted by Gasteiger charge is 2.20. The summed E-state index contributed by atoms with van der Waals surface area (Å²) < 4.78 is 0. The number of halogens is 1. The molecular weight excluding hydrogens is 278 g/mol. The molecule has 0 aromatic rings. The van der Waals surface area contributed by atoms with Crippen LogP contribution < -0.4 is 16.0 Å². The zero-order chi connectivity index (χ0) is 13.9. The molecule has 118 valence electrons. The Kier molecular flexibility index (Phi) is 11.5. The number of hydrogen-bond acceptors (Lipinski definition) is 3. The van der Waals surface area contributed by atoms with E-state index in [1.807, 2.05) is 0 Å². The number of carbonyl (C=O) groups excluding carboxylic acids is 2. The molecule has 3 N–H and O–H groups in total. The Balaban J connectivity index is 0.00000361. The monoisotopic (exact) mass is 305 g/mol. The first kappa shape index (κ1) is 19.2. The van der Waals surface area contributed by atoms with Gasteiger partial charge in [-0.05, 0) is 25.8 Å². The Morgan fingerprint density at radius 1 is 1.00 bits per heavy atom. The van der Waals surface area contributed by atoms with E-state index in [4.69, 9.17) is 0 Å². The van der Waals surface area contributed by atoms with E-state index < -0.39 is 0 Å². The molecule has 20 heavy (non-hydrogen) atoms. The normalized spacial score (nSPS) is 15.2. The highest BCUT2D eigenvalue weighted by Crippen LogP contribution is 2.23. The fraction of sp³-hybridized carbons (Fsp3) is 0.857. The van der Waals surface area contributed by atoms with Crippen molar-refractivity contribution in [2.75, 3.05) is 26.2 Å². The summed E-state index contributed by atoms with van der Waals surface area (Å²) in [5.74, 6) is 0.0502. The topological polar surface area (TPSA) is 70.2 Å². The van der Waals surface area contributed by atoms with Gasteiger partial charge in [0.1, 0.15) is 0 Å². The molecule has 0 heterocycles. The lowest BCUT2D eigenvalue weighted by Crippen LogP contribution is -2.41. The van der Waals surface area contributed by atoms with Crippen LogP contribution in [0.25, 0.3) is 0 Å². The minimum absolute atomic E-state index is 0. The summed E-state index contributed by atoms with van der Waals surface area (Å²) in [5.41, 5.74) is 0. The molecule has 0 spiro atoms. The van der Waals surface area contributed by atoms with Gasteiger partial charge in [-0.3, -0.25) is 9.59 Å². The molecule has 1 rings (SSSR count). The molecule has 5 nitrogen and oxygen atoms in total. The highest BCUT2D eigenvalue weighted by atomic mass is 35.5. The summed E-state index contributed by atoms with van der Waals surface area (Å²) in [5, 5.41) is 8.72. The van der Waals surface area contributed by atoms with Gasteiger partial charge in [-0.15, -0.1) is 12.4 Å². The Morgan fingerprint density at radius 2 is 1.70 bits per heavy atom. The zero-order valence-corrected chi connectivity index (χ0v) is 13.2. The van der Waals surface area contributed by atoms with Crippen molar-refractivity contribution in [1.29, 1.82) is 0 Å². The molecule has 0 unspecified atom stereocenters. The smallest absolute Gasteiger partial charge is 0.239 e. The largest absolute Gasteiger partial charge is 0.353 e. The van der Waals surface area contributed by atoms with Gasteiger partial charge in [0.15, 0.2) is 0 Å². The Labute approximate surface area is 128 Å². The van der Waals surface area contributed by atoms with Crippen molar-refractivity contribution in [1.82, 2.24) is 16.0 Å².